The van der Waals surface area contributed by atoms with Crippen molar-refractivity contribution in [3.05, 3.63) is 29.6 Å². The summed E-state index contributed by atoms with van der Waals surface area (Å²) in [5.74, 6) is -0.923. The third-order valence-electron chi connectivity index (χ3n) is 4.49. The van der Waals surface area contributed by atoms with E-state index in [0.717, 1.165) is 19.3 Å². The summed E-state index contributed by atoms with van der Waals surface area (Å²) in [6.45, 7) is 8.13. The van der Waals surface area contributed by atoms with E-state index in [2.05, 4.69) is 20.8 Å². The number of carbonyl (C=O) groups is 1. The van der Waals surface area contributed by atoms with Gasteiger partial charge in [-0.3, -0.25) is 0 Å². The molecular formula is C17H24FNO2. The van der Waals surface area contributed by atoms with Gasteiger partial charge >= 0.3 is 5.97 Å². The third-order valence-corrected chi connectivity index (χ3v) is 4.49. The topological polar surface area (TPSA) is 40.5 Å². The summed E-state index contributed by atoms with van der Waals surface area (Å²) in [5.41, 5.74) is 0.546. The third kappa shape index (κ3) is 3.55. The van der Waals surface area contributed by atoms with Gasteiger partial charge in [0.1, 0.15) is 5.82 Å². The molecule has 1 fully saturated rings. The molecule has 1 N–H and O–H groups in total. The quantitative estimate of drug-likeness (QED) is 0.889. The van der Waals surface area contributed by atoms with Crippen molar-refractivity contribution >= 4 is 11.7 Å². The van der Waals surface area contributed by atoms with Crippen molar-refractivity contribution in [3.63, 3.8) is 0 Å². The van der Waals surface area contributed by atoms with E-state index in [-0.39, 0.29) is 16.7 Å². The van der Waals surface area contributed by atoms with Gasteiger partial charge in [-0.05, 0) is 42.7 Å². The molecule has 0 radical (unpaired) electrons. The smallest absolute Gasteiger partial charge is 0.337 e. The van der Waals surface area contributed by atoms with Crippen LogP contribution in [0.4, 0.5) is 10.1 Å². The lowest BCUT2D eigenvalue weighted by Gasteiger charge is -2.30. The molecule has 1 unspecified atom stereocenters. The first-order chi connectivity index (χ1) is 9.80. The van der Waals surface area contributed by atoms with Gasteiger partial charge in [0.2, 0.25) is 0 Å². The maximum Gasteiger partial charge on any atom is 0.337 e. The number of halogens is 1. The summed E-state index contributed by atoms with van der Waals surface area (Å²) < 4.78 is 14.2. The summed E-state index contributed by atoms with van der Waals surface area (Å²) in [6, 6.07) is 4.28. The molecule has 0 bridgehead atoms. The molecule has 116 valence electrons. The molecule has 0 aliphatic carbocycles. The molecule has 0 amide bonds. The fraction of sp³-hybridized carbons (Fsp3) is 0.588. The highest BCUT2D eigenvalue weighted by atomic mass is 19.1. The van der Waals surface area contributed by atoms with Gasteiger partial charge in [0.15, 0.2) is 0 Å². The molecule has 1 aromatic rings. The number of rotatable bonds is 2. The van der Waals surface area contributed by atoms with Crippen LogP contribution in [0.25, 0.3) is 0 Å². The summed E-state index contributed by atoms with van der Waals surface area (Å²) in [7, 11) is 0. The lowest BCUT2D eigenvalue weighted by Crippen LogP contribution is -2.28. The first-order valence-corrected chi connectivity index (χ1v) is 7.57. The minimum Gasteiger partial charge on any atom is -0.478 e. The van der Waals surface area contributed by atoms with E-state index in [1.54, 1.807) is 0 Å². The number of aromatic carboxylic acids is 1. The highest BCUT2D eigenvalue weighted by Crippen LogP contribution is 2.36. The lowest BCUT2D eigenvalue weighted by molar-refractivity contribution is 0.0697. The molecule has 4 heteroatoms. The number of anilines is 1. The standard InChI is InChI=1S/C17H24FNO2/c1-17(2,3)12-6-5-10-19(11-9-12)15-13(16(20)21)7-4-8-14(15)18/h4,7-8,12H,5-6,9-11H2,1-3H3,(H,20,21). The summed E-state index contributed by atoms with van der Waals surface area (Å²) in [6.07, 6.45) is 3.04. The van der Waals surface area contributed by atoms with Crippen LogP contribution in [0.15, 0.2) is 18.2 Å². The van der Waals surface area contributed by atoms with Gasteiger partial charge in [0.25, 0.3) is 0 Å². The fourth-order valence-electron chi connectivity index (χ4n) is 3.20. The molecule has 21 heavy (non-hydrogen) atoms. The van der Waals surface area contributed by atoms with E-state index in [4.69, 9.17) is 0 Å². The van der Waals surface area contributed by atoms with Crippen LogP contribution in [0.2, 0.25) is 0 Å². The molecule has 1 heterocycles. The Hall–Kier alpha value is -1.58. The van der Waals surface area contributed by atoms with Gasteiger partial charge in [-0.25, -0.2) is 9.18 Å². The van der Waals surface area contributed by atoms with Crippen molar-refractivity contribution in [1.29, 1.82) is 0 Å². The van der Waals surface area contributed by atoms with E-state index >= 15 is 0 Å². The van der Waals surface area contributed by atoms with Crippen LogP contribution in [-0.4, -0.2) is 24.2 Å². The molecule has 1 aromatic carbocycles. The molecule has 1 atom stereocenters. The van der Waals surface area contributed by atoms with Crippen LogP contribution >= 0.6 is 0 Å². The molecular weight excluding hydrogens is 269 g/mol. The Balaban J connectivity index is 2.26. The van der Waals surface area contributed by atoms with E-state index in [1.165, 1.54) is 18.2 Å². The minimum atomic E-state index is -1.07. The van der Waals surface area contributed by atoms with E-state index in [9.17, 15) is 14.3 Å². The van der Waals surface area contributed by atoms with Crippen LogP contribution in [0.1, 0.15) is 50.4 Å². The predicted molar refractivity (Wildman–Crippen MR) is 82.4 cm³/mol. The molecule has 1 aliphatic rings. The zero-order valence-corrected chi connectivity index (χ0v) is 13.0. The Bertz CT molecular complexity index is 522. The highest BCUT2D eigenvalue weighted by Gasteiger charge is 2.29. The summed E-state index contributed by atoms with van der Waals surface area (Å²) >= 11 is 0. The van der Waals surface area contributed by atoms with Crippen molar-refractivity contribution in [2.45, 2.75) is 40.0 Å². The molecule has 1 saturated heterocycles. The number of benzene rings is 1. The second-order valence-corrected chi connectivity index (χ2v) is 6.92. The van der Waals surface area contributed by atoms with Gasteiger partial charge in [0, 0.05) is 13.1 Å². The van der Waals surface area contributed by atoms with Gasteiger partial charge in [-0.1, -0.05) is 26.8 Å². The Labute approximate surface area is 125 Å². The fourth-order valence-corrected chi connectivity index (χ4v) is 3.20. The minimum absolute atomic E-state index is 0.0595. The molecule has 2 rings (SSSR count). The van der Waals surface area contributed by atoms with Crippen LogP contribution < -0.4 is 4.90 Å². The van der Waals surface area contributed by atoms with Crippen molar-refractivity contribution in [2.75, 3.05) is 18.0 Å². The van der Waals surface area contributed by atoms with Gasteiger partial charge in [0.05, 0.1) is 11.3 Å². The Morgan fingerprint density at radius 3 is 2.62 bits per heavy atom. The van der Waals surface area contributed by atoms with Gasteiger partial charge in [-0.15, -0.1) is 0 Å². The van der Waals surface area contributed by atoms with Crippen LogP contribution in [0, 0.1) is 17.2 Å². The van der Waals surface area contributed by atoms with Crippen LogP contribution in [-0.2, 0) is 0 Å². The largest absolute Gasteiger partial charge is 0.478 e. The SMILES string of the molecule is CC(C)(C)C1CCCN(c2c(F)cccc2C(=O)O)CC1. The molecule has 0 aromatic heterocycles. The highest BCUT2D eigenvalue weighted by molar-refractivity contribution is 5.94. The second kappa shape index (κ2) is 6.04. The second-order valence-electron chi connectivity index (χ2n) is 6.92. The van der Waals surface area contributed by atoms with Crippen LogP contribution in [0.5, 0.6) is 0 Å². The summed E-state index contributed by atoms with van der Waals surface area (Å²) in [5, 5.41) is 9.28. The van der Waals surface area contributed by atoms with E-state index in [0.29, 0.717) is 19.0 Å². The van der Waals surface area contributed by atoms with Crippen molar-refractivity contribution in [3.8, 4) is 0 Å². The van der Waals surface area contributed by atoms with Gasteiger partial charge in [-0.2, -0.15) is 0 Å². The maximum absolute atomic E-state index is 14.2. The lowest BCUT2D eigenvalue weighted by atomic mass is 9.77. The number of para-hydroxylation sites is 1. The number of nitrogens with zero attached hydrogens (tertiary/aromatic N) is 1. The molecule has 1 aliphatic heterocycles. The van der Waals surface area contributed by atoms with Gasteiger partial charge < -0.3 is 10.0 Å². The monoisotopic (exact) mass is 293 g/mol. The van der Waals surface area contributed by atoms with Crippen molar-refractivity contribution in [2.24, 2.45) is 11.3 Å². The Kier molecular flexibility index (Phi) is 4.55. The first kappa shape index (κ1) is 15.8. The maximum atomic E-state index is 14.2. The first-order valence-electron chi connectivity index (χ1n) is 7.57. The zero-order valence-electron chi connectivity index (χ0n) is 13.0. The number of hydrogen-bond donors (Lipinski definition) is 1. The number of carboxylic acid groups (broad SMARTS) is 1. The van der Waals surface area contributed by atoms with E-state index < -0.39 is 11.8 Å². The average Bonchev–Trinajstić information content (AvgIpc) is 2.63. The Morgan fingerprint density at radius 2 is 2.00 bits per heavy atom. The molecule has 0 saturated carbocycles. The normalized spacial score (nSPS) is 20.2. The predicted octanol–water partition coefficient (Wildman–Crippen LogP) is 4.18. The number of carboxylic acids is 1. The van der Waals surface area contributed by atoms with E-state index in [1.807, 2.05) is 4.90 Å². The zero-order chi connectivity index (χ0) is 15.6. The van der Waals surface area contributed by atoms with Crippen LogP contribution in [0.3, 0.4) is 0 Å². The number of hydrogen-bond acceptors (Lipinski definition) is 2. The van der Waals surface area contributed by atoms with Crippen molar-refractivity contribution < 1.29 is 14.3 Å². The summed E-state index contributed by atoms with van der Waals surface area (Å²) in [4.78, 5) is 13.2. The molecule has 3 nitrogen and oxygen atoms in total. The van der Waals surface area contributed by atoms with Crippen molar-refractivity contribution in [1.82, 2.24) is 0 Å². The molecule has 0 spiro atoms. The Morgan fingerprint density at radius 1 is 1.29 bits per heavy atom. The average molecular weight is 293 g/mol.